The summed E-state index contributed by atoms with van der Waals surface area (Å²) in [7, 11) is 0. The molecule has 1 aromatic heterocycles. The van der Waals surface area contributed by atoms with E-state index in [1.54, 1.807) is 0 Å². The SMILES string of the molecule is CC(C)(N)CCc1cc([N+](=O)[O-])[nH]n1. The largest absolute Gasteiger partial charge is 0.358 e. The van der Waals surface area contributed by atoms with E-state index >= 15 is 0 Å². The van der Waals surface area contributed by atoms with Gasteiger partial charge in [0.1, 0.15) is 0 Å². The van der Waals surface area contributed by atoms with Crippen molar-refractivity contribution >= 4 is 5.82 Å². The molecule has 0 atom stereocenters. The van der Waals surface area contributed by atoms with Crippen LogP contribution in [-0.2, 0) is 6.42 Å². The van der Waals surface area contributed by atoms with Crippen molar-refractivity contribution in [3.05, 3.63) is 21.9 Å². The molecule has 0 aliphatic carbocycles. The van der Waals surface area contributed by atoms with Crippen molar-refractivity contribution < 1.29 is 4.92 Å². The molecule has 6 heteroatoms. The van der Waals surface area contributed by atoms with Gasteiger partial charge in [-0.05, 0) is 31.6 Å². The highest BCUT2D eigenvalue weighted by molar-refractivity contribution is 5.20. The molecule has 1 aromatic rings. The van der Waals surface area contributed by atoms with Crippen molar-refractivity contribution in [2.75, 3.05) is 0 Å². The normalized spacial score (nSPS) is 11.6. The van der Waals surface area contributed by atoms with Gasteiger partial charge in [-0.3, -0.25) is 0 Å². The Kier molecular flexibility index (Phi) is 2.85. The molecule has 3 N–H and O–H groups in total. The second-order valence-corrected chi connectivity index (χ2v) is 3.99. The van der Waals surface area contributed by atoms with Crippen LogP contribution in [0.1, 0.15) is 26.0 Å². The predicted octanol–water partition coefficient (Wildman–Crippen LogP) is 0.988. The van der Waals surface area contributed by atoms with Crippen molar-refractivity contribution in [3.8, 4) is 0 Å². The predicted molar refractivity (Wildman–Crippen MR) is 51.8 cm³/mol. The summed E-state index contributed by atoms with van der Waals surface area (Å²) >= 11 is 0. The Morgan fingerprint density at radius 1 is 1.71 bits per heavy atom. The van der Waals surface area contributed by atoms with Gasteiger partial charge in [0.2, 0.25) is 0 Å². The molecule has 78 valence electrons. The highest BCUT2D eigenvalue weighted by Crippen LogP contribution is 2.13. The number of nitrogens with one attached hydrogen (secondary N) is 1. The van der Waals surface area contributed by atoms with Gasteiger partial charge in [-0.15, -0.1) is 5.10 Å². The van der Waals surface area contributed by atoms with Gasteiger partial charge in [-0.25, -0.2) is 0 Å². The van der Waals surface area contributed by atoms with E-state index in [2.05, 4.69) is 10.2 Å². The fraction of sp³-hybridized carbons (Fsp3) is 0.625. The summed E-state index contributed by atoms with van der Waals surface area (Å²) in [6, 6.07) is 1.44. The lowest BCUT2D eigenvalue weighted by Crippen LogP contribution is -2.32. The topological polar surface area (TPSA) is 97.8 Å². The van der Waals surface area contributed by atoms with Gasteiger partial charge < -0.3 is 15.8 Å². The van der Waals surface area contributed by atoms with Gasteiger partial charge in [0.15, 0.2) is 0 Å². The molecule has 14 heavy (non-hydrogen) atoms. The van der Waals surface area contributed by atoms with Crippen LogP contribution >= 0.6 is 0 Å². The molecule has 0 radical (unpaired) electrons. The molecule has 0 aliphatic heterocycles. The minimum atomic E-state index is -0.496. The summed E-state index contributed by atoms with van der Waals surface area (Å²) in [5.74, 6) is -0.0742. The van der Waals surface area contributed by atoms with Crippen LogP contribution in [0, 0.1) is 10.1 Å². The Morgan fingerprint density at radius 2 is 2.36 bits per heavy atom. The number of rotatable bonds is 4. The second kappa shape index (κ2) is 3.75. The first kappa shape index (κ1) is 10.6. The first-order valence-electron chi connectivity index (χ1n) is 4.36. The summed E-state index contributed by atoms with van der Waals surface area (Å²) in [5.41, 5.74) is 6.18. The zero-order chi connectivity index (χ0) is 10.8. The van der Waals surface area contributed by atoms with Gasteiger partial charge >= 0.3 is 5.82 Å². The molecule has 0 fully saturated rings. The number of nitro groups is 1. The molecule has 0 aliphatic rings. The van der Waals surface area contributed by atoms with E-state index < -0.39 is 4.92 Å². The number of H-pyrrole nitrogens is 1. The summed E-state index contributed by atoms with van der Waals surface area (Å²) in [6.07, 6.45) is 1.39. The molecular weight excluding hydrogens is 184 g/mol. The minimum Gasteiger partial charge on any atom is -0.358 e. The molecular formula is C8H14N4O2. The van der Waals surface area contributed by atoms with Crippen LogP contribution in [0.5, 0.6) is 0 Å². The Hall–Kier alpha value is -1.43. The van der Waals surface area contributed by atoms with E-state index in [4.69, 9.17) is 5.73 Å². The van der Waals surface area contributed by atoms with Crippen LogP contribution < -0.4 is 5.73 Å². The maximum atomic E-state index is 10.3. The summed E-state index contributed by atoms with van der Waals surface area (Å²) in [4.78, 5) is 9.83. The minimum absolute atomic E-state index is 0.0742. The zero-order valence-electron chi connectivity index (χ0n) is 8.28. The highest BCUT2D eigenvalue weighted by atomic mass is 16.6. The average Bonchev–Trinajstić information content (AvgIpc) is 2.47. The first-order valence-corrected chi connectivity index (χ1v) is 4.36. The monoisotopic (exact) mass is 198 g/mol. The van der Waals surface area contributed by atoms with E-state index in [-0.39, 0.29) is 11.4 Å². The van der Waals surface area contributed by atoms with Gasteiger partial charge in [0, 0.05) is 5.54 Å². The van der Waals surface area contributed by atoms with Crippen molar-refractivity contribution in [1.29, 1.82) is 0 Å². The first-order chi connectivity index (χ1) is 6.38. The number of aromatic amines is 1. The molecule has 0 amide bonds. The molecule has 1 heterocycles. The van der Waals surface area contributed by atoms with Crippen LogP contribution in [0.4, 0.5) is 5.82 Å². The van der Waals surface area contributed by atoms with Gasteiger partial charge in [-0.1, -0.05) is 5.10 Å². The van der Waals surface area contributed by atoms with Crippen molar-refractivity contribution in [2.45, 2.75) is 32.2 Å². The van der Waals surface area contributed by atoms with Crippen LogP contribution in [0.15, 0.2) is 6.07 Å². The molecule has 0 saturated carbocycles. The molecule has 0 aromatic carbocycles. The van der Waals surface area contributed by atoms with Gasteiger partial charge in [0.25, 0.3) is 0 Å². The highest BCUT2D eigenvalue weighted by Gasteiger charge is 2.14. The fourth-order valence-electron chi connectivity index (χ4n) is 1.02. The van der Waals surface area contributed by atoms with E-state index in [1.807, 2.05) is 13.8 Å². The van der Waals surface area contributed by atoms with Crippen LogP contribution in [0.2, 0.25) is 0 Å². The molecule has 0 saturated heterocycles. The fourth-order valence-corrected chi connectivity index (χ4v) is 1.02. The molecule has 6 nitrogen and oxygen atoms in total. The van der Waals surface area contributed by atoms with E-state index in [9.17, 15) is 10.1 Å². The number of aromatic nitrogens is 2. The Labute approximate surface area is 81.6 Å². The standard InChI is InChI=1S/C8H14N4O2/c1-8(2,9)4-3-6-5-7(11-10-6)12(13)14/h5H,3-4,9H2,1-2H3,(H,10,11). The maximum Gasteiger partial charge on any atom is 0.342 e. The summed E-state index contributed by atoms with van der Waals surface area (Å²) < 4.78 is 0. The Balaban J connectivity index is 2.56. The maximum absolute atomic E-state index is 10.3. The third-order valence-corrected chi connectivity index (χ3v) is 1.84. The Bertz CT molecular complexity index is 326. The number of hydrogen-bond acceptors (Lipinski definition) is 4. The van der Waals surface area contributed by atoms with Gasteiger partial charge in [0.05, 0.1) is 11.8 Å². The summed E-state index contributed by atoms with van der Waals surface area (Å²) in [6.45, 7) is 3.82. The van der Waals surface area contributed by atoms with Crippen molar-refractivity contribution in [1.82, 2.24) is 10.2 Å². The quantitative estimate of drug-likeness (QED) is 0.556. The van der Waals surface area contributed by atoms with Crippen molar-refractivity contribution in [3.63, 3.8) is 0 Å². The lowest BCUT2D eigenvalue weighted by atomic mass is 9.99. The average molecular weight is 198 g/mol. The summed E-state index contributed by atoms with van der Waals surface area (Å²) in [5, 5.41) is 16.5. The smallest absolute Gasteiger partial charge is 0.342 e. The molecule has 0 bridgehead atoms. The lowest BCUT2D eigenvalue weighted by Gasteiger charge is -2.16. The molecule has 1 rings (SSSR count). The third kappa shape index (κ3) is 3.14. The number of hydrogen-bond donors (Lipinski definition) is 2. The van der Waals surface area contributed by atoms with E-state index in [0.29, 0.717) is 12.1 Å². The number of nitrogens with two attached hydrogens (primary N) is 1. The Morgan fingerprint density at radius 3 is 2.79 bits per heavy atom. The number of aryl methyl sites for hydroxylation is 1. The molecule has 0 unspecified atom stereocenters. The zero-order valence-corrected chi connectivity index (χ0v) is 8.28. The number of nitrogens with zero attached hydrogens (tertiary/aromatic N) is 2. The second-order valence-electron chi connectivity index (χ2n) is 3.99. The van der Waals surface area contributed by atoms with Crippen molar-refractivity contribution in [2.24, 2.45) is 5.73 Å². The van der Waals surface area contributed by atoms with Crippen LogP contribution in [0.3, 0.4) is 0 Å². The lowest BCUT2D eigenvalue weighted by molar-refractivity contribution is -0.389. The van der Waals surface area contributed by atoms with E-state index in [0.717, 1.165) is 6.42 Å². The van der Waals surface area contributed by atoms with E-state index in [1.165, 1.54) is 6.07 Å². The van der Waals surface area contributed by atoms with Crippen LogP contribution in [0.25, 0.3) is 0 Å². The third-order valence-electron chi connectivity index (χ3n) is 1.84. The van der Waals surface area contributed by atoms with Crippen LogP contribution in [-0.4, -0.2) is 20.7 Å². The van der Waals surface area contributed by atoms with Gasteiger partial charge in [-0.2, -0.15) is 0 Å². The molecule has 0 spiro atoms.